The van der Waals surface area contributed by atoms with Crippen LogP contribution < -0.4 is 0 Å². The maximum absolute atomic E-state index is 14.5. The Morgan fingerprint density at radius 3 is 0.924 bits per heavy atom. The molecule has 17 heteroatoms. The van der Waals surface area contributed by atoms with E-state index in [9.17, 15) is 33.6 Å². The van der Waals surface area contributed by atoms with Gasteiger partial charge in [0.25, 0.3) is 0 Å². The lowest BCUT2D eigenvalue weighted by molar-refractivity contribution is -0.346. The van der Waals surface area contributed by atoms with Crippen LogP contribution in [0.2, 0.25) is 0 Å². The van der Waals surface area contributed by atoms with Crippen LogP contribution >= 0.6 is 0 Å². The number of hydrogen-bond donors (Lipinski definition) is 0. The first-order valence-corrected chi connectivity index (χ1v) is 25.2. The summed E-state index contributed by atoms with van der Waals surface area (Å²) in [5, 5.41) is 0. The Bertz CT molecular complexity index is 3170. The van der Waals surface area contributed by atoms with Gasteiger partial charge < -0.3 is 47.4 Å². The summed E-state index contributed by atoms with van der Waals surface area (Å²) >= 11 is 0. The third-order valence-corrected chi connectivity index (χ3v) is 12.8. The fourth-order valence-electron chi connectivity index (χ4n) is 8.77. The molecule has 7 aromatic rings. The Kier molecular flexibility index (Phi) is 18.1. The van der Waals surface area contributed by atoms with E-state index < -0.39 is 116 Å². The van der Waals surface area contributed by atoms with Gasteiger partial charge >= 0.3 is 41.8 Å². The van der Waals surface area contributed by atoms with Gasteiger partial charge in [-0.2, -0.15) is 0 Å². The zero-order chi connectivity index (χ0) is 55.1. The standard InChI is InChI=1S/C62H52O17/c1-39-49(74-56(65)42-27-13-4-14-28-42)50(47(37-70-54(63)40-23-9-2-10-24-40)72-61(39)79-60(69)46-35-21-8-22-36-46)78-62-53(77-59(68)45-33-19-7-20-34-45)52(76-58(67)44-31-17-6-18-32-44)51(75-57(66)43-29-15-5-16-30-43)48(73-62)38-71-55(64)41-25-11-3-12-26-41/h2-36,39,47-53,61-62H,37-38H2,1H3. The van der Waals surface area contributed by atoms with Crippen LogP contribution in [0.4, 0.5) is 0 Å². The molecule has 0 saturated carbocycles. The molecule has 7 aromatic carbocycles. The summed E-state index contributed by atoms with van der Waals surface area (Å²) in [7, 11) is 0. The van der Waals surface area contributed by atoms with Crippen LogP contribution in [0.1, 0.15) is 79.4 Å². The van der Waals surface area contributed by atoms with Gasteiger partial charge in [0, 0.05) is 0 Å². The molecule has 0 spiro atoms. The molecule has 0 N–H and O–H groups in total. The maximum atomic E-state index is 14.5. The van der Waals surface area contributed by atoms with Gasteiger partial charge in [0.1, 0.15) is 37.6 Å². The van der Waals surface area contributed by atoms with Crippen molar-refractivity contribution in [1.29, 1.82) is 0 Å². The summed E-state index contributed by atoms with van der Waals surface area (Å²) in [6.45, 7) is 0.226. The first kappa shape index (κ1) is 54.5. The summed E-state index contributed by atoms with van der Waals surface area (Å²) in [5.41, 5.74) is 0.736. The molecule has 0 amide bonds. The lowest BCUT2D eigenvalue weighted by atomic mass is 9.91. The molecular formula is C62H52O17. The maximum Gasteiger partial charge on any atom is 0.340 e. The summed E-state index contributed by atoms with van der Waals surface area (Å²) in [5.74, 6) is -7.25. The second-order valence-electron chi connectivity index (χ2n) is 18.2. The Balaban J connectivity index is 1.17. The third kappa shape index (κ3) is 13.8. The summed E-state index contributed by atoms with van der Waals surface area (Å²) in [6, 6.07) is 55.5. The van der Waals surface area contributed by atoms with E-state index in [2.05, 4.69) is 0 Å². The van der Waals surface area contributed by atoms with Crippen LogP contribution in [0.15, 0.2) is 212 Å². The molecule has 2 heterocycles. The molecule has 0 aromatic heterocycles. The monoisotopic (exact) mass is 1070 g/mol. The van der Waals surface area contributed by atoms with Crippen molar-refractivity contribution < 1.29 is 80.9 Å². The SMILES string of the molecule is CC1C(OC(=O)c2ccccc2)OC(COC(=O)c2ccccc2)C(OC2OC(COC(=O)c3ccccc3)C(OC(=O)c3ccccc3)C(OC(=O)c3ccccc3)C2OC(=O)c2ccccc2)C1OC(=O)c1ccccc1. The Morgan fingerprint density at radius 2 is 0.570 bits per heavy atom. The van der Waals surface area contributed by atoms with E-state index in [0.717, 1.165) is 0 Å². The molecule has 0 bridgehead atoms. The fraction of sp³-hybridized carbons (Fsp3) is 0.210. The van der Waals surface area contributed by atoms with Crippen molar-refractivity contribution in [2.24, 2.45) is 5.92 Å². The van der Waals surface area contributed by atoms with Crippen molar-refractivity contribution in [3.05, 3.63) is 251 Å². The van der Waals surface area contributed by atoms with E-state index in [-0.39, 0.29) is 38.9 Å². The van der Waals surface area contributed by atoms with E-state index in [1.165, 1.54) is 84.9 Å². The quantitative estimate of drug-likeness (QED) is 0.0580. The number of hydrogen-bond acceptors (Lipinski definition) is 17. The predicted molar refractivity (Wildman–Crippen MR) is 279 cm³/mol. The Morgan fingerprint density at radius 1 is 0.304 bits per heavy atom. The highest BCUT2D eigenvalue weighted by Gasteiger charge is 2.57. The van der Waals surface area contributed by atoms with E-state index >= 15 is 0 Å². The molecule has 10 atom stereocenters. The highest BCUT2D eigenvalue weighted by molar-refractivity contribution is 5.93. The van der Waals surface area contributed by atoms with Gasteiger partial charge in [-0.05, 0) is 84.9 Å². The molecule has 2 saturated heterocycles. The lowest BCUT2D eigenvalue weighted by Crippen LogP contribution is -2.66. The number of benzene rings is 7. The van der Waals surface area contributed by atoms with Crippen LogP contribution in [-0.4, -0.2) is 110 Å². The number of carbonyl (C=O) groups is 7. The van der Waals surface area contributed by atoms with Crippen LogP contribution in [-0.2, 0) is 47.4 Å². The Labute approximate surface area is 453 Å². The predicted octanol–water partition coefficient (Wildman–Crippen LogP) is 8.93. The van der Waals surface area contributed by atoms with Gasteiger partial charge in [-0.25, -0.2) is 33.6 Å². The van der Waals surface area contributed by atoms with E-state index in [4.69, 9.17) is 47.4 Å². The van der Waals surface area contributed by atoms with E-state index in [1.807, 2.05) is 0 Å². The normalized spacial score (nSPS) is 22.4. The fourth-order valence-corrected chi connectivity index (χ4v) is 8.77. The minimum atomic E-state index is -1.96. The van der Waals surface area contributed by atoms with Gasteiger partial charge in [0.05, 0.1) is 44.9 Å². The van der Waals surface area contributed by atoms with Crippen LogP contribution in [0.5, 0.6) is 0 Å². The van der Waals surface area contributed by atoms with Gasteiger partial charge in [-0.15, -0.1) is 0 Å². The van der Waals surface area contributed by atoms with Gasteiger partial charge in [-0.1, -0.05) is 134 Å². The molecule has 2 aliphatic heterocycles. The molecule has 79 heavy (non-hydrogen) atoms. The number of carbonyl (C=O) groups excluding carboxylic acids is 7. The average molecular weight is 1070 g/mol. The number of esters is 7. The molecule has 402 valence electrons. The first-order valence-electron chi connectivity index (χ1n) is 25.2. The topological polar surface area (TPSA) is 212 Å². The molecular weight excluding hydrogens is 1020 g/mol. The Hall–Kier alpha value is -9.29. The molecule has 2 fully saturated rings. The van der Waals surface area contributed by atoms with Crippen molar-refractivity contribution in [1.82, 2.24) is 0 Å². The highest BCUT2D eigenvalue weighted by Crippen LogP contribution is 2.38. The smallest absolute Gasteiger partial charge is 0.340 e. The largest absolute Gasteiger partial charge is 0.459 e. The molecule has 10 unspecified atom stereocenters. The van der Waals surface area contributed by atoms with Crippen LogP contribution in [0.3, 0.4) is 0 Å². The molecule has 2 aliphatic rings. The minimum absolute atomic E-state index is 0.0317. The molecule has 0 aliphatic carbocycles. The molecule has 17 nitrogen and oxygen atoms in total. The second-order valence-corrected chi connectivity index (χ2v) is 18.2. The van der Waals surface area contributed by atoms with Crippen molar-refractivity contribution >= 4 is 41.8 Å². The van der Waals surface area contributed by atoms with E-state index in [1.54, 1.807) is 134 Å². The third-order valence-electron chi connectivity index (χ3n) is 12.8. The summed E-state index contributed by atoms with van der Waals surface area (Å²) in [6.07, 6.45) is -15.2. The minimum Gasteiger partial charge on any atom is -0.459 e. The summed E-state index contributed by atoms with van der Waals surface area (Å²) < 4.78 is 63.1. The highest BCUT2D eigenvalue weighted by atomic mass is 16.8. The van der Waals surface area contributed by atoms with Crippen LogP contribution in [0.25, 0.3) is 0 Å². The number of ether oxygens (including phenoxy) is 10. The van der Waals surface area contributed by atoms with Crippen molar-refractivity contribution in [3.63, 3.8) is 0 Å². The average Bonchev–Trinajstić information content (AvgIpc) is 3.51. The van der Waals surface area contributed by atoms with Gasteiger partial charge in [0.2, 0.25) is 6.29 Å². The molecule has 9 rings (SSSR count). The zero-order valence-corrected chi connectivity index (χ0v) is 42.3. The lowest BCUT2D eigenvalue weighted by Gasteiger charge is -2.48. The second kappa shape index (κ2) is 26.2. The number of rotatable bonds is 18. The van der Waals surface area contributed by atoms with Crippen molar-refractivity contribution in [2.45, 2.75) is 62.2 Å². The van der Waals surface area contributed by atoms with Crippen molar-refractivity contribution in [2.75, 3.05) is 13.2 Å². The van der Waals surface area contributed by atoms with E-state index in [0.29, 0.717) is 0 Å². The zero-order valence-electron chi connectivity index (χ0n) is 42.3. The van der Waals surface area contributed by atoms with Gasteiger partial charge in [-0.3, -0.25) is 0 Å². The summed E-state index contributed by atoms with van der Waals surface area (Å²) in [4.78, 5) is 98.6. The van der Waals surface area contributed by atoms with Crippen LogP contribution in [0, 0.1) is 5.92 Å². The van der Waals surface area contributed by atoms with Crippen molar-refractivity contribution in [3.8, 4) is 0 Å². The van der Waals surface area contributed by atoms with Gasteiger partial charge in [0.15, 0.2) is 24.6 Å². The molecule has 0 radical (unpaired) electrons. The first-order chi connectivity index (χ1) is 38.5.